The van der Waals surface area contributed by atoms with Crippen LogP contribution in [0.1, 0.15) is 21.5 Å². The molecular formula is C21H19FN2O3S. The lowest BCUT2D eigenvalue weighted by atomic mass is 10.0. The highest BCUT2D eigenvalue weighted by molar-refractivity contribution is 7.89. The molecular weight excluding hydrogens is 379 g/mol. The van der Waals surface area contributed by atoms with E-state index in [1.165, 1.54) is 18.3 Å². The third kappa shape index (κ3) is 5.01. The number of aromatic nitrogens is 1. The zero-order valence-electron chi connectivity index (χ0n) is 15.4. The number of anilines is 1. The lowest BCUT2D eigenvalue weighted by molar-refractivity contribution is 0.102. The van der Waals surface area contributed by atoms with E-state index in [-0.39, 0.29) is 17.0 Å². The number of rotatable bonds is 5. The topological polar surface area (TPSA) is 76.1 Å². The van der Waals surface area contributed by atoms with Crippen LogP contribution in [0.4, 0.5) is 10.1 Å². The number of carbonyl (C=O) groups excluding carboxylic acids is 1. The third-order valence-electron chi connectivity index (χ3n) is 4.09. The molecule has 0 radical (unpaired) electrons. The lowest BCUT2D eigenvalue weighted by Gasteiger charge is -2.11. The van der Waals surface area contributed by atoms with Gasteiger partial charge >= 0.3 is 0 Å². The van der Waals surface area contributed by atoms with Crippen LogP contribution in [-0.4, -0.2) is 25.6 Å². The van der Waals surface area contributed by atoms with Gasteiger partial charge in [0, 0.05) is 29.9 Å². The molecule has 0 saturated heterocycles. The fraction of sp³-hybridized carbons (Fsp3) is 0.143. The quantitative estimate of drug-likeness (QED) is 0.705. The molecule has 28 heavy (non-hydrogen) atoms. The van der Waals surface area contributed by atoms with Crippen molar-refractivity contribution >= 4 is 21.4 Å². The van der Waals surface area contributed by atoms with Gasteiger partial charge in [0.05, 0.1) is 11.3 Å². The van der Waals surface area contributed by atoms with E-state index in [9.17, 15) is 17.6 Å². The molecule has 7 heteroatoms. The molecule has 3 rings (SSSR count). The molecule has 1 amide bonds. The number of carbonyl (C=O) groups is 1. The Bertz CT molecular complexity index is 1140. The Hall–Kier alpha value is -3.06. The highest BCUT2D eigenvalue weighted by Crippen LogP contribution is 2.23. The first-order valence-corrected chi connectivity index (χ1v) is 10.6. The zero-order valence-corrected chi connectivity index (χ0v) is 16.3. The molecule has 3 aromatic rings. The van der Waals surface area contributed by atoms with Gasteiger partial charge in [-0.2, -0.15) is 0 Å². The molecule has 0 fully saturated rings. The molecule has 0 aliphatic heterocycles. The molecule has 0 bridgehead atoms. The van der Waals surface area contributed by atoms with Crippen LogP contribution in [0, 0.1) is 12.7 Å². The van der Waals surface area contributed by atoms with Crippen LogP contribution in [0.15, 0.2) is 60.9 Å². The molecule has 1 aromatic heterocycles. The van der Waals surface area contributed by atoms with Gasteiger partial charge in [0.2, 0.25) is 0 Å². The number of benzene rings is 2. The Kier molecular flexibility index (Phi) is 5.56. The van der Waals surface area contributed by atoms with Crippen molar-refractivity contribution in [1.29, 1.82) is 0 Å². The predicted molar refractivity (Wildman–Crippen MR) is 107 cm³/mol. The second kappa shape index (κ2) is 7.90. The number of hydrogen-bond donors (Lipinski definition) is 1. The van der Waals surface area contributed by atoms with E-state index in [1.54, 1.807) is 12.3 Å². The summed E-state index contributed by atoms with van der Waals surface area (Å²) >= 11 is 0. The average molecular weight is 398 g/mol. The predicted octanol–water partition coefficient (Wildman–Crippen LogP) is 3.99. The van der Waals surface area contributed by atoms with Gasteiger partial charge in [-0.05, 0) is 42.3 Å². The first kappa shape index (κ1) is 19.7. The average Bonchev–Trinajstić information content (AvgIpc) is 2.63. The third-order valence-corrected chi connectivity index (χ3v) is 4.92. The highest BCUT2D eigenvalue weighted by atomic mass is 32.2. The van der Waals surface area contributed by atoms with E-state index in [1.807, 2.05) is 31.2 Å². The van der Waals surface area contributed by atoms with Crippen LogP contribution in [-0.2, 0) is 15.6 Å². The summed E-state index contributed by atoms with van der Waals surface area (Å²) in [5.41, 5.74) is 3.56. The van der Waals surface area contributed by atoms with Gasteiger partial charge in [0.1, 0.15) is 5.82 Å². The van der Waals surface area contributed by atoms with Crippen molar-refractivity contribution < 1.29 is 17.6 Å². The van der Waals surface area contributed by atoms with Crippen LogP contribution >= 0.6 is 0 Å². The number of amides is 1. The van der Waals surface area contributed by atoms with Crippen molar-refractivity contribution in [2.75, 3.05) is 11.6 Å². The summed E-state index contributed by atoms with van der Waals surface area (Å²) < 4.78 is 36.7. The van der Waals surface area contributed by atoms with Crippen molar-refractivity contribution in [2.45, 2.75) is 12.7 Å². The molecule has 0 atom stereocenters. The van der Waals surface area contributed by atoms with E-state index in [4.69, 9.17) is 0 Å². The molecule has 5 nitrogen and oxygen atoms in total. The van der Waals surface area contributed by atoms with E-state index in [0.717, 1.165) is 29.0 Å². The minimum absolute atomic E-state index is 0.193. The van der Waals surface area contributed by atoms with Gasteiger partial charge in [-0.1, -0.05) is 29.8 Å². The molecule has 0 aliphatic rings. The van der Waals surface area contributed by atoms with E-state index < -0.39 is 21.6 Å². The van der Waals surface area contributed by atoms with E-state index >= 15 is 0 Å². The Morgan fingerprint density at radius 1 is 1.07 bits per heavy atom. The molecule has 144 valence electrons. The molecule has 0 spiro atoms. The van der Waals surface area contributed by atoms with E-state index in [0.29, 0.717) is 5.56 Å². The molecule has 0 aliphatic carbocycles. The van der Waals surface area contributed by atoms with Crippen LogP contribution < -0.4 is 5.32 Å². The van der Waals surface area contributed by atoms with Crippen molar-refractivity contribution in [2.24, 2.45) is 0 Å². The smallest absolute Gasteiger partial charge is 0.257 e. The Balaban J connectivity index is 1.89. The molecule has 0 unspecified atom stereocenters. The highest BCUT2D eigenvalue weighted by Gasteiger charge is 2.15. The Labute approximate surface area is 163 Å². The number of hydrogen-bond acceptors (Lipinski definition) is 4. The van der Waals surface area contributed by atoms with Crippen LogP contribution in [0.3, 0.4) is 0 Å². The standard InChI is InChI=1S/C21H19FN2O3S/c1-14-4-3-5-15(8-14)16-9-17(12-23-11-16)21(25)24-20-7-6-19(22)10-18(20)13-28(2,26)27/h3-12H,13H2,1-2H3,(H,24,25). The van der Waals surface area contributed by atoms with Crippen molar-refractivity contribution in [1.82, 2.24) is 4.98 Å². The first-order chi connectivity index (χ1) is 13.2. The van der Waals surface area contributed by atoms with Crippen molar-refractivity contribution in [3.63, 3.8) is 0 Å². The Morgan fingerprint density at radius 3 is 2.57 bits per heavy atom. The van der Waals surface area contributed by atoms with Crippen LogP contribution in [0.2, 0.25) is 0 Å². The SMILES string of the molecule is Cc1cccc(-c2cncc(C(=O)Nc3ccc(F)cc3CS(C)(=O)=O)c2)c1. The Morgan fingerprint density at radius 2 is 1.86 bits per heavy atom. The van der Waals surface area contributed by atoms with Crippen molar-refractivity contribution in [3.05, 3.63) is 83.4 Å². The van der Waals surface area contributed by atoms with Gasteiger partial charge in [-0.25, -0.2) is 12.8 Å². The summed E-state index contributed by atoms with van der Waals surface area (Å²) in [6.45, 7) is 1.98. The van der Waals surface area contributed by atoms with Gasteiger partial charge in [-0.3, -0.25) is 9.78 Å². The van der Waals surface area contributed by atoms with Gasteiger partial charge in [0.25, 0.3) is 5.91 Å². The summed E-state index contributed by atoms with van der Waals surface area (Å²) in [4.78, 5) is 16.8. The minimum Gasteiger partial charge on any atom is -0.322 e. The van der Waals surface area contributed by atoms with Gasteiger partial charge < -0.3 is 5.32 Å². The van der Waals surface area contributed by atoms with Gasteiger partial charge in [0.15, 0.2) is 9.84 Å². The summed E-state index contributed by atoms with van der Waals surface area (Å²) in [7, 11) is -3.39. The number of sulfone groups is 1. The fourth-order valence-electron chi connectivity index (χ4n) is 2.83. The molecule has 1 N–H and O–H groups in total. The first-order valence-electron chi connectivity index (χ1n) is 8.51. The lowest BCUT2D eigenvalue weighted by Crippen LogP contribution is -2.15. The maximum atomic E-state index is 13.5. The van der Waals surface area contributed by atoms with Gasteiger partial charge in [-0.15, -0.1) is 0 Å². The van der Waals surface area contributed by atoms with Crippen LogP contribution in [0.5, 0.6) is 0 Å². The minimum atomic E-state index is -3.39. The summed E-state index contributed by atoms with van der Waals surface area (Å²) in [6, 6.07) is 13.2. The van der Waals surface area contributed by atoms with Crippen LogP contribution in [0.25, 0.3) is 11.1 Å². The summed E-state index contributed by atoms with van der Waals surface area (Å²) in [5, 5.41) is 2.66. The zero-order chi connectivity index (χ0) is 20.3. The van der Waals surface area contributed by atoms with E-state index in [2.05, 4.69) is 10.3 Å². The monoisotopic (exact) mass is 398 g/mol. The summed E-state index contributed by atoms with van der Waals surface area (Å²) in [6.07, 6.45) is 4.14. The maximum absolute atomic E-state index is 13.5. The second-order valence-electron chi connectivity index (χ2n) is 6.66. The number of halogens is 1. The molecule has 2 aromatic carbocycles. The largest absolute Gasteiger partial charge is 0.322 e. The van der Waals surface area contributed by atoms with Crippen molar-refractivity contribution in [3.8, 4) is 11.1 Å². The normalized spacial score (nSPS) is 11.2. The molecule has 1 heterocycles. The maximum Gasteiger partial charge on any atom is 0.257 e. The molecule has 0 saturated carbocycles. The number of nitrogens with one attached hydrogen (secondary N) is 1. The number of aryl methyl sites for hydroxylation is 1. The second-order valence-corrected chi connectivity index (χ2v) is 8.80. The fourth-order valence-corrected chi connectivity index (χ4v) is 3.63. The number of pyridine rings is 1. The summed E-state index contributed by atoms with van der Waals surface area (Å²) in [5.74, 6) is -1.40. The number of nitrogens with zero attached hydrogens (tertiary/aromatic N) is 1.